The molecule has 0 bridgehead atoms. The van der Waals surface area contributed by atoms with E-state index in [4.69, 9.17) is 42.1 Å². The topological polar surface area (TPSA) is 117 Å². The van der Waals surface area contributed by atoms with Crippen LogP contribution in [-0.2, 0) is 9.47 Å². The first-order valence-corrected chi connectivity index (χ1v) is 11.9. The standard InChI is InChI=1S/C23H25Cl2N5O6/c1-23(2,3)36-22(32)29-6-8-34-18-10-16(17(33-4)9-15(18)29)30-14-11-19(25)26-12-13(14)20(28-30)27-21(31)35-7-5-24/h9-12H,5-8H2,1-4H3,(H,27,28,31). The van der Waals surface area contributed by atoms with Crippen LogP contribution >= 0.6 is 23.2 Å². The highest BCUT2D eigenvalue weighted by atomic mass is 35.5. The van der Waals surface area contributed by atoms with Gasteiger partial charge in [-0.3, -0.25) is 10.2 Å². The maximum Gasteiger partial charge on any atom is 0.415 e. The second-order valence-electron chi connectivity index (χ2n) is 8.71. The first kappa shape index (κ1) is 25.6. The number of methoxy groups -OCH3 is 1. The predicted molar refractivity (Wildman–Crippen MR) is 135 cm³/mol. The Morgan fingerprint density at radius 3 is 2.69 bits per heavy atom. The van der Waals surface area contributed by atoms with Crippen molar-refractivity contribution >= 4 is 57.8 Å². The summed E-state index contributed by atoms with van der Waals surface area (Å²) >= 11 is 11.8. The van der Waals surface area contributed by atoms with Crippen molar-refractivity contribution < 1.29 is 28.5 Å². The molecule has 3 heterocycles. The lowest BCUT2D eigenvalue weighted by Crippen LogP contribution is -2.41. The van der Waals surface area contributed by atoms with Gasteiger partial charge in [-0.25, -0.2) is 19.3 Å². The van der Waals surface area contributed by atoms with Crippen molar-refractivity contribution in [3.05, 3.63) is 29.5 Å². The van der Waals surface area contributed by atoms with Gasteiger partial charge < -0.3 is 18.9 Å². The van der Waals surface area contributed by atoms with Crippen LogP contribution in [0.4, 0.5) is 21.1 Å². The number of fused-ring (bicyclic) bond motifs is 2. The number of carbonyl (C=O) groups excluding carboxylic acids is 2. The van der Waals surface area contributed by atoms with Gasteiger partial charge in [0.25, 0.3) is 0 Å². The van der Waals surface area contributed by atoms with Gasteiger partial charge in [0, 0.05) is 24.4 Å². The Balaban J connectivity index is 1.80. The van der Waals surface area contributed by atoms with Gasteiger partial charge in [-0.2, -0.15) is 0 Å². The number of nitrogens with zero attached hydrogens (tertiary/aromatic N) is 4. The fourth-order valence-electron chi connectivity index (χ4n) is 3.59. The molecule has 0 aliphatic carbocycles. The Hall–Kier alpha value is -3.44. The van der Waals surface area contributed by atoms with Gasteiger partial charge in [-0.15, -0.1) is 16.7 Å². The van der Waals surface area contributed by atoms with E-state index in [1.54, 1.807) is 39.0 Å². The van der Waals surface area contributed by atoms with Gasteiger partial charge >= 0.3 is 12.2 Å². The number of hydrogen-bond donors (Lipinski definition) is 1. The zero-order valence-corrected chi connectivity index (χ0v) is 21.6. The molecule has 2 aromatic heterocycles. The van der Waals surface area contributed by atoms with Crippen LogP contribution in [0.25, 0.3) is 16.6 Å². The number of benzene rings is 1. The Morgan fingerprint density at radius 2 is 2.00 bits per heavy atom. The van der Waals surface area contributed by atoms with E-state index < -0.39 is 17.8 Å². The van der Waals surface area contributed by atoms with E-state index in [1.165, 1.54) is 22.9 Å². The zero-order chi connectivity index (χ0) is 26.0. The summed E-state index contributed by atoms with van der Waals surface area (Å²) < 4.78 is 23.6. The lowest BCUT2D eigenvalue weighted by atomic mass is 10.2. The Kier molecular flexibility index (Phi) is 7.32. The van der Waals surface area contributed by atoms with Crippen LogP contribution in [0.15, 0.2) is 24.4 Å². The van der Waals surface area contributed by atoms with Crippen molar-refractivity contribution in [2.24, 2.45) is 0 Å². The summed E-state index contributed by atoms with van der Waals surface area (Å²) in [5.74, 6) is 1.18. The molecule has 36 heavy (non-hydrogen) atoms. The quantitative estimate of drug-likeness (QED) is 0.356. The molecule has 0 fully saturated rings. The number of halogens is 2. The van der Waals surface area contributed by atoms with Crippen molar-refractivity contribution in [2.75, 3.05) is 43.0 Å². The molecule has 4 rings (SSSR count). The molecule has 0 saturated heterocycles. The number of ether oxygens (including phenoxy) is 4. The number of aromatic nitrogens is 3. The molecule has 0 spiro atoms. The molecule has 1 N–H and O–H groups in total. The maximum atomic E-state index is 12.8. The summed E-state index contributed by atoms with van der Waals surface area (Å²) in [4.78, 5) is 30.6. The smallest absolute Gasteiger partial charge is 0.415 e. The summed E-state index contributed by atoms with van der Waals surface area (Å²) in [6.45, 7) is 6.03. The van der Waals surface area contributed by atoms with Gasteiger partial charge in [0.05, 0.1) is 36.1 Å². The number of amides is 2. The van der Waals surface area contributed by atoms with Gasteiger partial charge in [0.2, 0.25) is 0 Å². The molecule has 0 radical (unpaired) electrons. The summed E-state index contributed by atoms with van der Waals surface area (Å²) in [5.41, 5.74) is 0.863. The second-order valence-corrected chi connectivity index (χ2v) is 9.47. The van der Waals surface area contributed by atoms with E-state index in [9.17, 15) is 9.59 Å². The van der Waals surface area contributed by atoms with Crippen molar-refractivity contribution in [2.45, 2.75) is 26.4 Å². The molecule has 13 heteroatoms. The Bertz CT molecular complexity index is 1310. The number of anilines is 2. The van der Waals surface area contributed by atoms with E-state index in [2.05, 4.69) is 15.4 Å². The van der Waals surface area contributed by atoms with Crippen LogP contribution in [0, 0.1) is 0 Å². The van der Waals surface area contributed by atoms with Gasteiger partial charge in [-0.1, -0.05) is 11.6 Å². The molecule has 1 aromatic carbocycles. The SMILES string of the molecule is COc1cc2c(cc1-n1nc(NC(=O)OCCCl)c3cnc(Cl)cc31)OCCN2C(=O)OC(C)(C)C. The summed E-state index contributed by atoms with van der Waals surface area (Å²) in [7, 11) is 1.50. The normalized spacial score (nSPS) is 13.1. The van der Waals surface area contributed by atoms with Crippen LogP contribution in [0.5, 0.6) is 11.5 Å². The molecular weight excluding hydrogens is 513 g/mol. The minimum Gasteiger partial charge on any atom is -0.494 e. The second kappa shape index (κ2) is 10.3. The third kappa shape index (κ3) is 5.36. The Morgan fingerprint density at radius 1 is 1.22 bits per heavy atom. The maximum absolute atomic E-state index is 12.8. The fourth-order valence-corrected chi connectivity index (χ4v) is 3.82. The highest BCUT2D eigenvalue weighted by Gasteiger charge is 2.30. The number of rotatable bonds is 5. The lowest BCUT2D eigenvalue weighted by Gasteiger charge is -2.32. The number of hydrogen-bond acceptors (Lipinski definition) is 8. The molecule has 11 nitrogen and oxygen atoms in total. The van der Waals surface area contributed by atoms with Crippen LogP contribution in [0.3, 0.4) is 0 Å². The van der Waals surface area contributed by atoms with E-state index >= 15 is 0 Å². The molecule has 0 unspecified atom stereocenters. The number of carbonyl (C=O) groups is 2. The molecule has 1 aliphatic rings. The summed E-state index contributed by atoms with van der Waals surface area (Å²) in [5, 5.41) is 7.88. The number of nitrogens with one attached hydrogen (secondary N) is 1. The first-order chi connectivity index (χ1) is 17.1. The van der Waals surface area contributed by atoms with Crippen LogP contribution in [0.1, 0.15) is 20.8 Å². The van der Waals surface area contributed by atoms with Crippen molar-refractivity contribution in [1.82, 2.24) is 14.8 Å². The largest absolute Gasteiger partial charge is 0.494 e. The molecule has 192 valence electrons. The van der Waals surface area contributed by atoms with Crippen LogP contribution in [0.2, 0.25) is 5.15 Å². The van der Waals surface area contributed by atoms with Crippen molar-refractivity contribution in [1.29, 1.82) is 0 Å². The number of pyridine rings is 1. The molecule has 2 amide bonds. The average molecular weight is 538 g/mol. The molecule has 3 aromatic rings. The third-order valence-electron chi connectivity index (χ3n) is 5.03. The van der Waals surface area contributed by atoms with Gasteiger partial charge in [-0.05, 0) is 20.8 Å². The molecule has 0 saturated carbocycles. The van der Waals surface area contributed by atoms with E-state index in [1.807, 2.05) is 0 Å². The molecular formula is C23H25Cl2N5O6. The summed E-state index contributed by atoms with van der Waals surface area (Å²) in [6.07, 6.45) is 0.279. The van der Waals surface area contributed by atoms with Gasteiger partial charge in [0.15, 0.2) is 5.82 Å². The van der Waals surface area contributed by atoms with Crippen LogP contribution in [-0.4, -0.2) is 65.3 Å². The zero-order valence-electron chi connectivity index (χ0n) is 20.1. The Labute approximate surface area is 217 Å². The molecule has 0 atom stereocenters. The average Bonchev–Trinajstić information content (AvgIpc) is 3.17. The van der Waals surface area contributed by atoms with E-state index in [-0.39, 0.29) is 30.1 Å². The summed E-state index contributed by atoms with van der Waals surface area (Å²) in [6, 6.07) is 4.97. The number of alkyl halides is 1. The van der Waals surface area contributed by atoms with Crippen molar-refractivity contribution in [3.63, 3.8) is 0 Å². The predicted octanol–water partition coefficient (Wildman–Crippen LogP) is 5.00. The lowest BCUT2D eigenvalue weighted by molar-refractivity contribution is 0.0567. The van der Waals surface area contributed by atoms with Crippen molar-refractivity contribution in [3.8, 4) is 17.2 Å². The minimum atomic E-state index is -0.717. The first-order valence-electron chi connectivity index (χ1n) is 11.0. The monoisotopic (exact) mass is 537 g/mol. The van der Waals surface area contributed by atoms with E-state index in [0.29, 0.717) is 40.3 Å². The molecule has 1 aliphatic heterocycles. The fraction of sp³-hybridized carbons (Fsp3) is 0.391. The van der Waals surface area contributed by atoms with Gasteiger partial charge in [0.1, 0.15) is 41.2 Å². The highest BCUT2D eigenvalue weighted by molar-refractivity contribution is 6.30. The van der Waals surface area contributed by atoms with Crippen LogP contribution < -0.4 is 19.7 Å². The van der Waals surface area contributed by atoms with E-state index in [0.717, 1.165) is 0 Å². The highest BCUT2D eigenvalue weighted by Crippen LogP contribution is 2.41. The third-order valence-corrected chi connectivity index (χ3v) is 5.39. The minimum absolute atomic E-state index is 0.0419.